The standard InChI is InChI=1S/C28H55N2/c1-4-7-9-11-12-13-14-15-16-17-18-19-20-22-24-28-29(6-3)26-27-30(28)25-23-21-10-8-5-2/h26-27H,4-25H2,1-3H3/q+1. The average molecular weight is 420 g/mol. The smallest absolute Gasteiger partial charge is 0.235 e. The lowest BCUT2D eigenvalue weighted by molar-refractivity contribution is -0.704. The van der Waals surface area contributed by atoms with Gasteiger partial charge in [0.05, 0.1) is 13.1 Å². The van der Waals surface area contributed by atoms with Crippen molar-refractivity contribution in [3.05, 3.63) is 18.2 Å². The molecular weight excluding hydrogens is 364 g/mol. The number of rotatable bonds is 22. The van der Waals surface area contributed by atoms with E-state index in [-0.39, 0.29) is 0 Å². The van der Waals surface area contributed by atoms with Gasteiger partial charge in [-0.05, 0) is 26.2 Å². The zero-order valence-corrected chi connectivity index (χ0v) is 21.1. The predicted octanol–water partition coefficient (Wildman–Crippen LogP) is 8.79. The maximum absolute atomic E-state index is 2.54. The third kappa shape index (κ3) is 13.5. The van der Waals surface area contributed by atoms with Crippen LogP contribution in [-0.4, -0.2) is 4.57 Å². The van der Waals surface area contributed by atoms with Crippen molar-refractivity contribution in [2.75, 3.05) is 0 Å². The van der Waals surface area contributed by atoms with E-state index in [0.717, 1.165) is 6.54 Å². The Hall–Kier alpha value is -0.790. The second kappa shape index (κ2) is 20.1. The number of aryl methyl sites for hydroxylation is 2. The van der Waals surface area contributed by atoms with E-state index in [0.29, 0.717) is 0 Å². The minimum absolute atomic E-state index is 1.11. The quantitative estimate of drug-likeness (QED) is 0.131. The molecule has 0 fully saturated rings. The Morgan fingerprint density at radius 3 is 1.47 bits per heavy atom. The van der Waals surface area contributed by atoms with Gasteiger partial charge in [-0.2, -0.15) is 0 Å². The molecule has 1 rings (SSSR count). The van der Waals surface area contributed by atoms with Gasteiger partial charge in [0.25, 0.3) is 5.82 Å². The van der Waals surface area contributed by atoms with Gasteiger partial charge in [-0.1, -0.05) is 117 Å². The fraction of sp³-hybridized carbons (Fsp3) is 0.893. The minimum atomic E-state index is 1.11. The fourth-order valence-corrected chi connectivity index (χ4v) is 4.64. The molecule has 2 heteroatoms. The number of hydrogen-bond donors (Lipinski definition) is 0. The molecular formula is C28H55N2+. The SMILES string of the molecule is CCCCCCCCCCCCCCCCc1n(CC)cc[n+]1CCCCCCC. The Morgan fingerprint density at radius 1 is 0.567 bits per heavy atom. The van der Waals surface area contributed by atoms with Crippen molar-refractivity contribution < 1.29 is 4.57 Å². The summed E-state index contributed by atoms with van der Waals surface area (Å²) in [6.07, 6.45) is 32.9. The van der Waals surface area contributed by atoms with Crippen LogP contribution < -0.4 is 4.57 Å². The lowest BCUT2D eigenvalue weighted by Crippen LogP contribution is -2.37. The van der Waals surface area contributed by atoms with Crippen LogP contribution in [0.3, 0.4) is 0 Å². The monoisotopic (exact) mass is 419 g/mol. The maximum atomic E-state index is 2.54. The van der Waals surface area contributed by atoms with Gasteiger partial charge in [0.15, 0.2) is 0 Å². The summed E-state index contributed by atoms with van der Waals surface area (Å²) in [5, 5.41) is 0. The van der Waals surface area contributed by atoms with Gasteiger partial charge >= 0.3 is 0 Å². The van der Waals surface area contributed by atoms with Crippen molar-refractivity contribution in [1.29, 1.82) is 0 Å². The van der Waals surface area contributed by atoms with Crippen LogP contribution in [0.25, 0.3) is 0 Å². The van der Waals surface area contributed by atoms with Crippen molar-refractivity contribution >= 4 is 0 Å². The molecule has 0 saturated carbocycles. The van der Waals surface area contributed by atoms with E-state index in [1.165, 1.54) is 135 Å². The Labute approximate surface area is 189 Å². The highest BCUT2D eigenvalue weighted by atomic mass is 15.1. The highest BCUT2D eigenvalue weighted by molar-refractivity contribution is 4.83. The molecule has 0 aliphatic carbocycles. The summed E-state index contributed by atoms with van der Waals surface area (Å²) in [4.78, 5) is 0. The summed E-state index contributed by atoms with van der Waals surface area (Å²) in [6, 6.07) is 0. The topological polar surface area (TPSA) is 8.81 Å². The normalized spacial score (nSPS) is 11.4. The molecule has 0 saturated heterocycles. The molecule has 1 aromatic rings. The molecule has 0 aliphatic rings. The molecule has 0 unspecified atom stereocenters. The molecule has 30 heavy (non-hydrogen) atoms. The van der Waals surface area contributed by atoms with Gasteiger partial charge < -0.3 is 0 Å². The van der Waals surface area contributed by atoms with Gasteiger partial charge in [0.2, 0.25) is 0 Å². The highest BCUT2D eigenvalue weighted by Crippen LogP contribution is 2.14. The first-order valence-electron chi connectivity index (χ1n) is 13.9. The highest BCUT2D eigenvalue weighted by Gasteiger charge is 2.15. The molecule has 2 nitrogen and oxygen atoms in total. The first-order chi connectivity index (χ1) is 14.8. The van der Waals surface area contributed by atoms with Crippen molar-refractivity contribution in [1.82, 2.24) is 4.57 Å². The number of unbranched alkanes of at least 4 members (excludes halogenated alkanes) is 17. The fourth-order valence-electron chi connectivity index (χ4n) is 4.64. The summed E-state index contributed by atoms with van der Waals surface area (Å²) < 4.78 is 5.01. The van der Waals surface area contributed by atoms with E-state index in [9.17, 15) is 0 Å². The number of aromatic nitrogens is 2. The van der Waals surface area contributed by atoms with Crippen LogP contribution in [0.15, 0.2) is 12.4 Å². The first-order valence-corrected chi connectivity index (χ1v) is 13.9. The summed E-state index contributed by atoms with van der Waals surface area (Å²) in [7, 11) is 0. The molecule has 0 aliphatic heterocycles. The molecule has 0 spiro atoms. The summed E-state index contributed by atoms with van der Waals surface area (Å²) in [5.74, 6) is 1.56. The lowest BCUT2D eigenvalue weighted by Gasteiger charge is -2.05. The molecule has 0 radical (unpaired) electrons. The van der Waals surface area contributed by atoms with Crippen molar-refractivity contribution in [3.8, 4) is 0 Å². The Bertz CT molecular complexity index is 477. The number of imidazole rings is 1. The van der Waals surface area contributed by atoms with Crippen LogP contribution >= 0.6 is 0 Å². The Morgan fingerprint density at radius 2 is 1.00 bits per heavy atom. The van der Waals surface area contributed by atoms with Crippen LogP contribution in [0.1, 0.15) is 149 Å². The molecule has 0 atom stereocenters. The largest absolute Gasteiger partial charge is 0.256 e. The van der Waals surface area contributed by atoms with Crippen LogP contribution in [0.5, 0.6) is 0 Å². The average Bonchev–Trinajstić information content (AvgIpc) is 3.15. The third-order valence-corrected chi connectivity index (χ3v) is 6.69. The Balaban J connectivity index is 2.03. The molecule has 0 aromatic carbocycles. The Kier molecular flexibility index (Phi) is 18.3. The van der Waals surface area contributed by atoms with Crippen LogP contribution in [0.2, 0.25) is 0 Å². The van der Waals surface area contributed by atoms with Gasteiger partial charge in [-0.25, -0.2) is 9.13 Å². The number of nitrogens with zero attached hydrogens (tertiary/aromatic N) is 2. The van der Waals surface area contributed by atoms with E-state index in [4.69, 9.17) is 0 Å². The van der Waals surface area contributed by atoms with E-state index >= 15 is 0 Å². The van der Waals surface area contributed by atoms with Gasteiger partial charge in [0, 0.05) is 6.42 Å². The van der Waals surface area contributed by atoms with E-state index < -0.39 is 0 Å². The summed E-state index contributed by atoms with van der Waals surface area (Å²) >= 11 is 0. The van der Waals surface area contributed by atoms with Gasteiger partial charge in [0.1, 0.15) is 12.4 Å². The lowest BCUT2D eigenvalue weighted by atomic mass is 10.0. The van der Waals surface area contributed by atoms with E-state index in [1.54, 1.807) is 5.82 Å². The molecule has 1 aromatic heterocycles. The van der Waals surface area contributed by atoms with Gasteiger partial charge in [-0.3, -0.25) is 0 Å². The minimum Gasteiger partial charge on any atom is -0.235 e. The van der Waals surface area contributed by atoms with E-state index in [2.05, 4.69) is 42.3 Å². The second-order valence-corrected chi connectivity index (χ2v) is 9.45. The number of hydrogen-bond acceptors (Lipinski definition) is 0. The molecule has 0 amide bonds. The summed E-state index contributed by atoms with van der Waals surface area (Å²) in [6.45, 7) is 9.20. The third-order valence-electron chi connectivity index (χ3n) is 6.69. The molecule has 0 bridgehead atoms. The summed E-state index contributed by atoms with van der Waals surface area (Å²) in [5.41, 5.74) is 0. The van der Waals surface area contributed by atoms with Crippen molar-refractivity contribution in [3.63, 3.8) is 0 Å². The predicted molar refractivity (Wildman–Crippen MR) is 133 cm³/mol. The molecule has 176 valence electrons. The molecule has 1 heterocycles. The van der Waals surface area contributed by atoms with Crippen LogP contribution in [-0.2, 0) is 19.5 Å². The van der Waals surface area contributed by atoms with Crippen molar-refractivity contribution in [2.45, 2.75) is 162 Å². The first kappa shape index (κ1) is 27.2. The van der Waals surface area contributed by atoms with Gasteiger partial charge in [-0.15, -0.1) is 0 Å². The zero-order chi connectivity index (χ0) is 21.7. The zero-order valence-electron chi connectivity index (χ0n) is 21.1. The van der Waals surface area contributed by atoms with E-state index in [1.807, 2.05) is 0 Å². The van der Waals surface area contributed by atoms with Crippen molar-refractivity contribution in [2.24, 2.45) is 0 Å². The van der Waals surface area contributed by atoms with Crippen LogP contribution in [0.4, 0.5) is 0 Å². The second-order valence-electron chi connectivity index (χ2n) is 9.45. The van der Waals surface area contributed by atoms with Crippen LogP contribution in [0, 0.1) is 0 Å². The molecule has 0 N–H and O–H groups in total. The maximum Gasteiger partial charge on any atom is 0.256 e.